The molecule has 0 radical (unpaired) electrons. The number of fused-ring (bicyclic) bond motifs is 4. The van der Waals surface area contributed by atoms with Gasteiger partial charge in [0.05, 0.1) is 11.1 Å². The number of Topliss-reactive ketones (excluding diaryl/α,β-unsaturated/α-hetero) is 1. The summed E-state index contributed by atoms with van der Waals surface area (Å²) in [7, 11) is 7.36. The van der Waals surface area contributed by atoms with E-state index in [4.69, 9.17) is 61.7 Å². The predicted octanol–water partition coefficient (Wildman–Crippen LogP) is 13.7. The molecule has 4 aliphatic carbocycles. The van der Waals surface area contributed by atoms with Crippen LogP contribution in [-0.2, 0) is 44.7 Å². The number of aromatic hydroxyl groups is 1. The fourth-order valence-electron chi connectivity index (χ4n) is 8.33. The van der Waals surface area contributed by atoms with Gasteiger partial charge in [-0.2, -0.15) is 5.92 Å². The molecule has 83 heavy (non-hydrogen) atoms. The molecule has 0 heterocycles. The first-order valence-electron chi connectivity index (χ1n) is 24.7. The number of carbonyl (C=O) groups is 9. The number of allylic oxidation sites excluding steroid dienone is 4. The number of carboxylic acids is 2. The van der Waals surface area contributed by atoms with Gasteiger partial charge in [-0.1, -0.05) is 30.7 Å². The maximum absolute atomic E-state index is 12.3. The molecule has 2 fully saturated rings. The second kappa shape index (κ2) is 38.5. The van der Waals surface area contributed by atoms with Gasteiger partial charge in [-0.3, -0.25) is 33.6 Å². The van der Waals surface area contributed by atoms with E-state index in [0.717, 1.165) is 24.2 Å². The number of ether oxygens (including phenoxy) is 4. The first kappa shape index (κ1) is 72.7. The molecule has 0 amide bonds. The number of benzene rings is 5. The summed E-state index contributed by atoms with van der Waals surface area (Å²) in [6.07, 6.45) is 15.0. The van der Waals surface area contributed by atoms with Gasteiger partial charge in [0.15, 0.2) is 5.78 Å². The number of ketones is 1. The van der Waals surface area contributed by atoms with Crippen LogP contribution in [0.4, 0.5) is 0 Å². The van der Waals surface area contributed by atoms with E-state index in [1.165, 1.54) is 160 Å². The molecule has 2 saturated carbocycles. The number of carboxylic acid groups (broad SMARTS) is 2. The van der Waals surface area contributed by atoms with Gasteiger partial charge >= 0.3 is 65.8 Å². The molecular formula is C59H57BrCl4O17SZn. The predicted molar refractivity (Wildman–Crippen MR) is 314 cm³/mol. The molecule has 6 atom stereocenters. The first-order chi connectivity index (χ1) is 39.2. The van der Waals surface area contributed by atoms with Gasteiger partial charge in [-0.15, -0.1) is 0 Å². The van der Waals surface area contributed by atoms with Gasteiger partial charge < -0.3 is 41.2 Å². The van der Waals surface area contributed by atoms with Crippen LogP contribution in [0.3, 0.4) is 0 Å². The fourth-order valence-corrected chi connectivity index (χ4v) is 8.58. The SMILES string of the molecule is CC(=O)Oc1ccc(C(=O)CC2CC3C=CC2C3)cc1.CC(=O)Oc1ccc(C(=O)Cl)cc1.CC(=O)Oc1ccc(C(=O)Cl)cc1.CC(=O)Oc1ccc(C(=O)O)cc1.O=C(O)c1ccc(O)cc1.O=S(Cl)Cl.[CH2-]C1CC2C=CC1C2.[Zn+][Br]. The summed E-state index contributed by atoms with van der Waals surface area (Å²) in [4.78, 5) is 96.6. The van der Waals surface area contributed by atoms with E-state index in [1.54, 1.807) is 24.3 Å². The maximum atomic E-state index is 12.3. The number of rotatable bonds is 11. The normalized spacial score (nSPS) is 17.4. The molecule has 3 N–H and O–H groups in total. The molecule has 0 spiro atoms. The minimum absolute atomic E-state index is 0.0741. The van der Waals surface area contributed by atoms with Crippen molar-refractivity contribution in [1.29, 1.82) is 0 Å². The van der Waals surface area contributed by atoms with E-state index in [9.17, 15) is 43.2 Å². The summed E-state index contributed by atoms with van der Waals surface area (Å²) >= 11 is 14.7. The molecule has 0 aliphatic heterocycles. The van der Waals surface area contributed by atoms with Crippen molar-refractivity contribution in [3.63, 3.8) is 0 Å². The van der Waals surface area contributed by atoms with E-state index in [1.807, 2.05) is 0 Å². The van der Waals surface area contributed by atoms with E-state index in [0.29, 0.717) is 63.9 Å². The van der Waals surface area contributed by atoms with Crippen molar-refractivity contribution >= 4 is 120 Å². The molecule has 0 saturated heterocycles. The Hall–Kier alpha value is -6.38. The molecule has 9 rings (SSSR count). The van der Waals surface area contributed by atoms with E-state index in [-0.39, 0.29) is 28.6 Å². The van der Waals surface area contributed by atoms with Crippen molar-refractivity contribution in [3.8, 4) is 28.7 Å². The van der Waals surface area contributed by atoms with Crippen LogP contribution in [0.2, 0.25) is 0 Å². The van der Waals surface area contributed by atoms with Crippen molar-refractivity contribution < 1.29 is 98.0 Å². The van der Waals surface area contributed by atoms with E-state index < -0.39 is 49.6 Å². The summed E-state index contributed by atoms with van der Waals surface area (Å²) in [5.74, 6) is 2.62. The van der Waals surface area contributed by atoms with Gasteiger partial charge in [0.2, 0.25) is 9.23 Å². The second-order valence-corrected chi connectivity index (χ2v) is 21.3. The number of hydrogen-bond donors (Lipinski definition) is 3. The third-order valence-electron chi connectivity index (χ3n) is 11.9. The van der Waals surface area contributed by atoms with Crippen LogP contribution in [0.5, 0.6) is 28.7 Å². The van der Waals surface area contributed by atoms with Crippen LogP contribution in [0.1, 0.15) is 112 Å². The number of phenolic OH excluding ortho intramolecular Hbond substituents is 1. The average molecular weight is 1360 g/mol. The Morgan fingerprint density at radius 1 is 0.494 bits per heavy atom. The summed E-state index contributed by atoms with van der Waals surface area (Å²) in [6, 6.07) is 29.8. The number of carbonyl (C=O) groups excluding carboxylic acids is 7. The van der Waals surface area contributed by atoms with Crippen LogP contribution in [-0.4, -0.2) is 71.6 Å². The van der Waals surface area contributed by atoms with Gasteiger partial charge in [0, 0.05) is 72.2 Å². The van der Waals surface area contributed by atoms with Crippen LogP contribution in [0.15, 0.2) is 146 Å². The Balaban J connectivity index is 0.000000340. The summed E-state index contributed by atoms with van der Waals surface area (Å²) in [5.41, 5.74) is 1.79. The van der Waals surface area contributed by atoms with Gasteiger partial charge in [0.25, 0.3) is 10.5 Å². The van der Waals surface area contributed by atoms with Gasteiger partial charge in [-0.05, 0) is 193 Å². The Labute approximate surface area is 518 Å². The quantitative estimate of drug-likeness (QED) is 0.0211. The molecule has 24 heteroatoms. The van der Waals surface area contributed by atoms with E-state index in [2.05, 4.69) is 66.2 Å². The molecule has 438 valence electrons. The first-order valence-corrected chi connectivity index (χ1v) is 35.2. The third-order valence-corrected chi connectivity index (χ3v) is 12.3. The molecule has 0 aromatic heterocycles. The summed E-state index contributed by atoms with van der Waals surface area (Å²) in [5, 5.41) is 24.6. The molecule has 5 aromatic rings. The monoisotopic (exact) mass is 1350 g/mol. The van der Waals surface area contributed by atoms with Crippen LogP contribution >= 0.6 is 58.2 Å². The molecule has 4 aliphatic rings. The third kappa shape index (κ3) is 29.6. The molecule has 6 unspecified atom stereocenters. The fraction of sp³-hybridized carbons (Fsp3) is 0.254. The Morgan fingerprint density at radius 3 is 1.01 bits per heavy atom. The topological polar surface area (TPSA) is 268 Å². The van der Waals surface area contributed by atoms with Crippen molar-refractivity contribution in [2.75, 3.05) is 0 Å². The molecule has 4 bridgehead atoms. The number of halogens is 5. The average Bonchev–Trinajstić information content (AvgIpc) is 4.36. The van der Waals surface area contributed by atoms with Gasteiger partial charge in [-0.25, -0.2) is 13.8 Å². The van der Waals surface area contributed by atoms with Crippen molar-refractivity contribution in [1.82, 2.24) is 0 Å². The zero-order chi connectivity index (χ0) is 62.3. The van der Waals surface area contributed by atoms with Gasteiger partial charge in [0.1, 0.15) is 28.7 Å². The van der Waals surface area contributed by atoms with Crippen LogP contribution in [0.25, 0.3) is 0 Å². The minimum atomic E-state index is -1.67. The van der Waals surface area contributed by atoms with Crippen molar-refractivity contribution in [2.24, 2.45) is 35.5 Å². The number of phenols is 1. The standard InChI is InChI=1S/C17H18O3.2C9H7ClO3.C9H8O4.C8H11.C7H6O3.BrH.Cl2OS.Zn/c1-11(18)20-16-6-4-13(5-7-16)17(19)10-15-9-12-2-3-14(15)8-12;2*1-6(11)13-8-4-2-7(3-5-8)9(10)12;1-6(10)13-8-4-2-7(3-5-8)9(11)12;1-6-4-7-2-3-8(6)5-7;8-6-3-1-5(2-4-6)7(9)10;;1-4(2)3;/h2-7,12,14-15H,8-10H2,1H3;2*2-5H,1H3;2-5H,1H3,(H,11,12);2-3,6-8H,1,4-5H2;1-4,8H,(H,9,10);1H;;/q;;;;-1;;;;+2/p-1. The zero-order valence-electron chi connectivity index (χ0n) is 45.1. The number of esters is 4. The molecule has 5 aromatic carbocycles. The summed E-state index contributed by atoms with van der Waals surface area (Å²) in [6.45, 7) is 9.33. The Morgan fingerprint density at radius 2 is 0.783 bits per heavy atom. The zero-order valence-corrected chi connectivity index (χ0v) is 53.5. The van der Waals surface area contributed by atoms with Crippen molar-refractivity contribution in [2.45, 2.75) is 59.8 Å². The van der Waals surface area contributed by atoms with Crippen molar-refractivity contribution in [3.05, 3.63) is 180 Å². The number of hydrogen-bond acceptors (Lipinski definition) is 15. The Bertz CT molecular complexity index is 2880. The molecule has 17 nitrogen and oxygen atoms in total. The van der Waals surface area contributed by atoms with E-state index >= 15 is 0 Å². The van der Waals surface area contributed by atoms with Crippen LogP contribution < -0.4 is 18.9 Å². The molecular weight excluding hydrogens is 1300 g/mol. The Kier molecular flexibility index (Phi) is 33.7. The summed E-state index contributed by atoms with van der Waals surface area (Å²) < 4.78 is 28.3. The number of aromatic carboxylic acids is 2. The van der Waals surface area contributed by atoms with Crippen LogP contribution in [0, 0.1) is 42.4 Å². The second-order valence-electron chi connectivity index (χ2n) is 18.1.